The second-order valence-electron chi connectivity index (χ2n) is 4.04. The lowest BCUT2D eigenvalue weighted by molar-refractivity contribution is 0.289. The zero-order valence-electron chi connectivity index (χ0n) is 9.74. The third-order valence-corrected chi connectivity index (χ3v) is 4.14. The highest BCUT2D eigenvalue weighted by Crippen LogP contribution is 2.27. The quantitative estimate of drug-likeness (QED) is 0.863. The number of thiazole rings is 1. The third-order valence-electron chi connectivity index (χ3n) is 2.83. The molecule has 1 aromatic rings. The Balaban J connectivity index is 1.79. The molecule has 1 aromatic heterocycles. The van der Waals surface area contributed by atoms with Crippen LogP contribution >= 0.6 is 22.9 Å². The minimum atomic E-state index is 0.301. The zero-order valence-corrected chi connectivity index (χ0v) is 11.3. The molecule has 1 aliphatic rings. The molecule has 1 heterocycles. The van der Waals surface area contributed by atoms with Crippen molar-refractivity contribution in [1.29, 1.82) is 5.26 Å². The maximum Gasteiger partial charge on any atom is 0.185 e. The Kier molecular flexibility index (Phi) is 4.21. The van der Waals surface area contributed by atoms with Gasteiger partial charge in [-0.05, 0) is 19.4 Å². The molecule has 1 aliphatic carbocycles. The molecular weight excluding hydrogens is 256 g/mol. The van der Waals surface area contributed by atoms with Crippen LogP contribution in [0.25, 0.3) is 0 Å². The lowest BCUT2D eigenvalue weighted by Gasteiger charge is -2.19. The number of rotatable bonds is 6. The summed E-state index contributed by atoms with van der Waals surface area (Å²) in [5.41, 5.74) is 0. The van der Waals surface area contributed by atoms with Gasteiger partial charge in [0.15, 0.2) is 10.3 Å². The van der Waals surface area contributed by atoms with Crippen LogP contribution in [0.1, 0.15) is 24.6 Å². The van der Waals surface area contributed by atoms with E-state index in [2.05, 4.69) is 22.1 Å². The summed E-state index contributed by atoms with van der Waals surface area (Å²) < 4.78 is 0. The molecule has 1 fully saturated rings. The van der Waals surface area contributed by atoms with Gasteiger partial charge in [0.25, 0.3) is 0 Å². The van der Waals surface area contributed by atoms with E-state index in [-0.39, 0.29) is 0 Å². The molecule has 92 valence electrons. The van der Waals surface area contributed by atoms with Crippen LogP contribution in [0.4, 0.5) is 5.13 Å². The molecule has 0 saturated heterocycles. The van der Waals surface area contributed by atoms with E-state index in [0.29, 0.717) is 10.0 Å². The lowest BCUT2D eigenvalue weighted by Crippen LogP contribution is -2.30. The molecule has 2 rings (SSSR count). The summed E-state index contributed by atoms with van der Waals surface area (Å²) in [7, 11) is 0. The highest BCUT2D eigenvalue weighted by Gasteiger charge is 2.27. The van der Waals surface area contributed by atoms with Crippen LogP contribution in [0.15, 0.2) is 0 Å². The maximum absolute atomic E-state index is 8.76. The maximum atomic E-state index is 8.76. The summed E-state index contributed by atoms with van der Waals surface area (Å²) in [6.07, 6.45) is 2.66. The van der Waals surface area contributed by atoms with Gasteiger partial charge >= 0.3 is 0 Å². The number of nitriles is 1. The van der Waals surface area contributed by atoms with Crippen molar-refractivity contribution in [2.75, 3.05) is 25.0 Å². The van der Waals surface area contributed by atoms with Crippen molar-refractivity contribution in [3.63, 3.8) is 0 Å². The van der Waals surface area contributed by atoms with Gasteiger partial charge in [0.1, 0.15) is 10.9 Å². The van der Waals surface area contributed by atoms with Gasteiger partial charge in [0, 0.05) is 19.1 Å². The van der Waals surface area contributed by atoms with Crippen LogP contribution in [-0.2, 0) is 0 Å². The predicted molar refractivity (Wildman–Crippen MR) is 70.6 cm³/mol. The number of anilines is 1. The first kappa shape index (κ1) is 12.6. The van der Waals surface area contributed by atoms with Crippen molar-refractivity contribution >= 4 is 28.1 Å². The standard InChI is InChI=1S/C11H15ClN4S/c1-2-16(8-3-4-8)6-5-14-11-15-10(12)9(7-13)17-11/h8H,2-6H2,1H3,(H,14,15). The number of halogens is 1. The smallest absolute Gasteiger partial charge is 0.185 e. The molecule has 1 saturated carbocycles. The normalized spacial score (nSPS) is 14.9. The fourth-order valence-electron chi connectivity index (χ4n) is 1.79. The minimum Gasteiger partial charge on any atom is -0.360 e. The highest BCUT2D eigenvalue weighted by atomic mass is 35.5. The first-order valence-electron chi connectivity index (χ1n) is 5.79. The molecule has 0 unspecified atom stereocenters. The molecule has 0 spiro atoms. The molecule has 4 nitrogen and oxygen atoms in total. The summed E-state index contributed by atoms with van der Waals surface area (Å²) in [6, 6.07) is 2.82. The molecule has 0 atom stereocenters. The first-order chi connectivity index (χ1) is 8.24. The van der Waals surface area contributed by atoms with Gasteiger partial charge in [-0.25, -0.2) is 4.98 Å². The Morgan fingerprint density at radius 3 is 2.94 bits per heavy atom. The molecule has 0 bridgehead atoms. The van der Waals surface area contributed by atoms with Gasteiger partial charge in [0.2, 0.25) is 0 Å². The number of hydrogen-bond donors (Lipinski definition) is 1. The summed E-state index contributed by atoms with van der Waals surface area (Å²) in [6.45, 7) is 5.14. The van der Waals surface area contributed by atoms with Crippen molar-refractivity contribution in [2.45, 2.75) is 25.8 Å². The van der Waals surface area contributed by atoms with Gasteiger partial charge < -0.3 is 5.32 Å². The number of likely N-dealkylation sites (N-methyl/N-ethyl adjacent to an activating group) is 1. The number of hydrogen-bond acceptors (Lipinski definition) is 5. The van der Waals surface area contributed by atoms with E-state index in [9.17, 15) is 0 Å². The molecule has 0 aliphatic heterocycles. The van der Waals surface area contributed by atoms with Crippen LogP contribution in [0.5, 0.6) is 0 Å². The van der Waals surface area contributed by atoms with E-state index in [1.54, 1.807) is 0 Å². The topological polar surface area (TPSA) is 52.0 Å². The number of aromatic nitrogens is 1. The van der Waals surface area contributed by atoms with Crippen molar-refractivity contribution in [1.82, 2.24) is 9.88 Å². The van der Waals surface area contributed by atoms with Gasteiger partial charge in [-0.3, -0.25) is 4.90 Å². The van der Waals surface area contributed by atoms with E-state index in [0.717, 1.165) is 30.8 Å². The predicted octanol–water partition coefficient (Wildman–Crippen LogP) is 2.56. The van der Waals surface area contributed by atoms with Crippen LogP contribution < -0.4 is 5.32 Å². The Morgan fingerprint density at radius 2 is 2.41 bits per heavy atom. The monoisotopic (exact) mass is 270 g/mol. The summed E-state index contributed by atoms with van der Waals surface area (Å²) >= 11 is 7.11. The van der Waals surface area contributed by atoms with Crippen molar-refractivity contribution in [3.05, 3.63) is 10.0 Å². The van der Waals surface area contributed by atoms with Crippen LogP contribution in [0.3, 0.4) is 0 Å². The fourth-order valence-corrected chi connectivity index (χ4v) is 2.76. The molecule has 0 aromatic carbocycles. The SMILES string of the molecule is CCN(CCNc1nc(Cl)c(C#N)s1)C1CC1. The van der Waals surface area contributed by atoms with Crippen LogP contribution in [-0.4, -0.2) is 35.6 Å². The number of nitrogens with zero attached hydrogens (tertiary/aromatic N) is 3. The Labute approximate surface area is 110 Å². The molecule has 0 amide bonds. The van der Waals surface area contributed by atoms with E-state index < -0.39 is 0 Å². The zero-order chi connectivity index (χ0) is 12.3. The van der Waals surface area contributed by atoms with E-state index in [1.165, 1.54) is 24.2 Å². The Morgan fingerprint density at radius 1 is 1.65 bits per heavy atom. The lowest BCUT2D eigenvalue weighted by atomic mass is 10.4. The van der Waals surface area contributed by atoms with Crippen molar-refractivity contribution < 1.29 is 0 Å². The molecule has 1 N–H and O–H groups in total. The van der Waals surface area contributed by atoms with Gasteiger partial charge in [-0.2, -0.15) is 5.26 Å². The molecule has 0 radical (unpaired) electrons. The molecule has 6 heteroatoms. The van der Waals surface area contributed by atoms with Gasteiger partial charge in [-0.15, -0.1) is 0 Å². The van der Waals surface area contributed by atoms with Gasteiger partial charge in [-0.1, -0.05) is 29.9 Å². The molecular formula is C11H15ClN4S. The minimum absolute atomic E-state index is 0.301. The molecule has 17 heavy (non-hydrogen) atoms. The highest BCUT2D eigenvalue weighted by molar-refractivity contribution is 7.16. The fraction of sp³-hybridized carbons (Fsp3) is 0.636. The summed E-state index contributed by atoms with van der Waals surface area (Å²) in [5.74, 6) is 0. The average molecular weight is 271 g/mol. The summed E-state index contributed by atoms with van der Waals surface area (Å²) in [5, 5.41) is 13.0. The number of nitrogens with one attached hydrogen (secondary N) is 1. The van der Waals surface area contributed by atoms with Crippen LogP contribution in [0, 0.1) is 11.3 Å². The van der Waals surface area contributed by atoms with Crippen LogP contribution in [0.2, 0.25) is 5.15 Å². The Bertz CT molecular complexity index is 422. The first-order valence-corrected chi connectivity index (χ1v) is 6.98. The second kappa shape index (κ2) is 5.67. The Hall–Kier alpha value is -0.830. The van der Waals surface area contributed by atoms with Gasteiger partial charge in [0.05, 0.1) is 0 Å². The van der Waals surface area contributed by atoms with E-state index >= 15 is 0 Å². The van der Waals surface area contributed by atoms with E-state index in [1.807, 2.05) is 6.07 Å². The summed E-state index contributed by atoms with van der Waals surface area (Å²) in [4.78, 5) is 7.04. The largest absolute Gasteiger partial charge is 0.360 e. The third kappa shape index (κ3) is 3.32. The van der Waals surface area contributed by atoms with Crippen molar-refractivity contribution in [3.8, 4) is 6.07 Å². The second-order valence-corrected chi connectivity index (χ2v) is 5.39. The van der Waals surface area contributed by atoms with Crippen molar-refractivity contribution in [2.24, 2.45) is 0 Å². The van der Waals surface area contributed by atoms with E-state index in [4.69, 9.17) is 16.9 Å². The average Bonchev–Trinajstić information content (AvgIpc) is 3.09.